The number of aliphatic hydroxyl groups is 1. The van der Waals surface area contributed by atoms with Gasteiger partial charge in [0.1, 0.15) is 0 Å². The molecule has 1 aliphatic heterocycles. The van der Waals surface area contributed by atoms with Crippen molar-refractivity contribution in [1.29, 1.82) is 0 Å². The van der Waals surface area contributed by atoms with Gasteiger partial charge < -0.3 is 14.9 Å². The zero-order valence-electron chi connectivity index (χ0n) is 8.87. The lowest BCUT2D eigenvalue weighted by Crippen LogP contribution is -2.25. The number of nitrogens with zero attached hydrogens (tertiary/aromatic N) is 2. The number of rotatable bonds is 5. The summed E-state index contributed by atoms with van der Waals surface area (Å²) in [5.41, 5.74) is 0. The molecule has 78 valence electrons. The molecule has 1 fully saturated rings. The monoisotopic (exact) mass is 186 g/mol. The maximum absolute atomic E-state index is 8.96. The molecule has 1 rings (SSSR count). The molecule has 0 aromatic carbocycles. The summed E-state index contributed by atoms with van der Waals surface area (Å²) in [5.74, 6) is 0.541. The van der Waals surface area contributed by atoms with Crippen LogP contribution < -0.4 is 0 Å². The van der Waals surface area contributed by atoms with Crippen LogP contribution in [0.2, 0.25) is 0 Å². The van der Waals surface area contributed by atoms with Gasteiger partial charge in [-0.2, -0.15) is 0 Å². The fourth-order valence-corrected chi connectivity index (χ4v) is 1.88. The highest BCUT2D eigenvalue weighted by Crippen LogP contribution is 2.15. The van der Waals surface area contributed by atoms with E-state index >= 15 is 0 Å². The first-order chi connectivity index (χ1) is 6.22. The van der Waals surface area contributed by atoms with Gasteiger partial charge in [-0.15, -0.1) is 0 Å². The van der Waals surface area contributed by atoms with Gasteiger partial charge in [-0.05, 0) is 52.5 Å². The molecule has 1 atom stereocenters. The second-order valence-electron chi connectivity index (χ2n) is 4.29. The maximum Gasteiger partial charge on any atom is 0.0471 e. The Labute approximate surface area is 81.3 Å². The van der Waals surface area contributed by atoms with Crippen LogP contribution in [0.1, 0.15) is 12.8 Å². The molecule has 1 unspecified atom stereocenters. The Morgan fingerprint density at radius 2 is 2.23 bits per heavy atom. The summed E-state index contributed by atoms with van der Waals surface area (Å²) in [5, 5.41) is 8.96. The average Bonchev–Trinajstić information content (AvgIpc) is 2.52. The van der Waals surface area contributed by atoms with Crippen molar-refractivity contribution >= 4 is 0 Å². The van der Waals surface area contributed by atoms with Gasteiger partial charge >= 0.3 is 0 Å². The summed E-state index contributed by atoms with van der Waals surface area (Å²) >= 11 is 0. The van der Waals surface area contributed by atoms with Gasteiger partial charge in [0.15, 0.2) is 0 Å². The van der Waals surface area contributed by atoms with Crippen LogP contribution in [0.3, 0.4) is 0 Å². The third kappa shape index (κ3) is 4.07. The molecule has 0 bridgehead atoms. The number of aliphatic hydroxyl groups excluding tert-OH is 1. The Balaban J connectivity index is 2.03. The highest BCUT2D eigenvalue weighted by Gasteiger charge is 2.20. The quantitative estimate of drug-likeness (QED) is 0.667. The summed E-state index contributed by atoms with van der Waals surface area (Å²) < 4.78 is 0. The molecule has 1 aliphatic rings. The normalized spacial score (nSPS) is 24.5. The molecule has 3 heteroatoms. The first kappa shape index (κ1) is 11.0. The fraction of sp³-hybridized carbons (Fsp3) is 1.00. The summed E-state index contributed by atoms with van der Waals surface area (Å²) in [6.45, 7) is 5.00. The smallest absolute Gasteiger partial charge is 0.0471 e. The van der Waals surface area contributed by atoms with Crippen molar-refractivity contribution < 1.29 is 5.11 Å². The largest absolute Gasteiger partial charge is 0.396 e. The molecule has 0 aliphatic carbocycles. The van der Waals surface area contributed by atoms with Crippen LogP contribution in [0.25, 0.3) is 0 Å². The van der Waals surface area contributed by atoms with Gasteiger partial charge in [-0.3, -0.25) is 0 Å². The number of hydrogen-bond acceptors (Lipinski definition) is 3. The lowest BCUT2D eigenvalue weighted by molar-refractivity contribution is 0.219. The molecule has 0 radical (unpaired) electrons. The van der Waals surface area contributed by atoms with E-state index in [9.17, 15) is 0 Å². The third-order valence-electron chi connectivity index (χ3n) is 2.71. The van der Waals surface area contributed by atoms with E-state index in [1.807, 2.05) is 0 Å². The minimum absolute atomic E-state index is 0.365. The first-order valence-corrected chi connectivity index (χ1v) is 5.20. The maximum atomic E-state index is 8.96. The fourth-order valence-electron chi connectivity index (χ4n) is 1.88. The summed E-state index contributed by atoms with van der Waals surface area (Å²) in [6, 6.07) is 0. The van der Waals surface area contributed by atoms with Crippen molar-refractivity contribution in [2.45, 2.75) is 12.8 Å². The van der Waals surface area contributed by atoms with Crippen LogP contribution in [-0.4, -0.2) is 61.8 Å². The van der Waals surface area contributed by atoms with Crippen molar-refractivity contribution in [3.05, 3.63) is 0 Å². The van der Waals surface area contributed by atoms with E-state index in [1.165, 1.54) is 32.5 Å². The third-order valence-corrected chi connectivity index (χ3v) is 2.71. The standard InChI is InChI=1S/C10H22N2O/c1-11(2)5-3-6-12-7-4-10(8-12)9-13/h10,13H,3-9H2,1-2H3. The van der Waals surface area contributed by atoms with Gasteiger partial charge in [-0.25, -0.2) is 0 Å². The molecule has 0 spiro atoms. The van der Waals surface area contributed by atoms with Crippen molar-refractivity contribution in [3.8, 4) is 0 Å². The van der Waals surface area contributed by atoms with Crippen molar-refractivity contribution in [3.63, 3.8) is 0 Å². The van der Waals surface area contributed by atoms with E-state index in [4.69, 9.17) is 5.11 Å². The van der Waals surface area contributed by atoms with E-state index in [2.05, 4.69) is 23.9 Å². The van der Waals surface area contributed by atoms with Crippen LogP contribution in [0.5, 0.6) is 0 Å². The predicted molar refractivity (Wildman–Crippen MR) is 54.8 cm³/mol. The Hall–Kier alpha value is -0.120. The van der Waals surface area contributed by atoms with Crippen molar-refractivity contribution in [1.82, 2.24) is 9.80 Å². The van der Waals surface area contributed by atoms with Gasteiger partial charge in [0.2, 0.25) is 0 Å². The van der Waals surface area contributed by atoms with Gasteiger partial charge in [0.05, 0.1) is 0 Å². The summed E-state index contributed by atoms with van der Waals surface area (Å²) in [7, 11) is 4.22. The molecule has 0 aromatic rings. The van der Waals surface area contributed by atoms with Crippen LogP contribution in [0.15, 0.2) is 0 Å². The molecule has 0 aromatic heterocycles. The minimum Gasteiger partial charge on any atom is -0.396 e. The second-order valence-corrected chi connectivity index (χ2v) is 4.29. The van der Waals surface area contributed by atoms with E-state index in [-0.39, 0.29) is 0 Å². The molecular weight excluding hydrogens is 164 g/mol. The van der Waals surface area contributed by atoms with Crippen molar-refractivity contribution in [2.24, 2.45) is 5.92 Å². The zero-order valence-corrected chi connectivity index (χ0v) is 8.87. The van der Waals surface area contributed by atoms with Crippen molar-refractivity contribution in [2.75, 3.05) is 46.9 Å². The number of hydrogen-bond donors (Lipinski definition) is 1. The van der Waals surface area contributed by atoms with E-state index in [0.29, 0.717) is 12.5 Å². The van der Waals surface area contributed by atoms with Gasteiger partial charge in [-0.1, -0.05) is 0 Å². The van der Waals surface area contributed by atoms with Gasteiger partial charge in [0.25, 0.3) is 0 Å². The summed E-state index contributed by atoms with van der Waals surface area (Å²) in [6.07, 6.45) is 2.42. The molecule has 1 N–H and O–H groups in total. The lowest BCUT2D eigenvalue weighted by Gasteiger charge is -2.16. The highest BCUT2D eigenvalue weighted by molar-refractivity contribution is 4.74. The SMILES string of the molecule is CN(C)CCCN1CCC(CO)C1. The molecule has 0 amide bonds. The predicted octanol–water partition coefficient (Wildman–Crippen LogP) is 0.252. The molecule has 1 saturated heterocycles. The second kappa shape index (κ2) is 5.58. The Morgan fingerprint density at radius 3 is 2.77 bits per heavy atom. The average molecular weight is 186 g/mol. The molecule has 1 heterocycles. The minimum atomic E-state index is 0.365. The van der Waals surface area contributed by atoms with E-state index in [0.717, 1.165) is 6.54 Å². The van der Waals surface area contributed by atoms with Crippen LogP contribution in [0.4, 0.5) is 0 Å². The van der Waals surface area contributed by atoms with Crippen LogP contribution in [0, 0.1) is 5.92 Å². The lowest BCUT2D eigenvalue weighted by atomic mass is 10.1. The Morgan fingerprint density at radius 1 is 1.46 bits per heavy atom. The van der Waals surface area contributed by atoms with E-state index < -0.39 is 0 Å². The molecule has 13 heavy (non-hydrogen) atoms. The zero-order chi connectivity index (χ0) is 9.68. The Bertz CT molecular complexity index is 139. The van der Waals surface area contributed by atoms with E-state index in [1.54, 1.807) is 0 Å². The Kier molecular flexibility index (Phi) is 4.70. The first-order valence-electron chi connectivity index (χ1n) is 5.20. The van der Waals surface area contributed by atoms with Crippen LogP contribution >= 0.6 is 0 Å². The molecule has 0 saturated carbocycles. The molecular formula is C10H22N2O. The van der Waals surface area contributed by atoms with Gasteiger partial charge in [0, 0.05) is 13.2 Å². The number of likely N-dealkylation sites (tertiary alicyclic amines) is 1. The van der Waals surface area contributed by atoms with Crippen LogP contribution in [-0.2, 0) is 0 Å². The summed E-state index contributed by atoms with van der Waals surface area (Å²) in [4.78, 5) is 4.68. The molecule has 3 nitrogen and oxygen atoms in total. The topological polar surface area (TPSA) is 26.7 Å². The highest BCUT2D eigenvalue weighted by atomic mass is 16.3.